The van der Waals surface area contributed by atoms with Crippen molar-refractivity contribution in [1.82, 2.24) is 0 Å². The molecule has 5 nitrogen and oxygen atoms in total. The Bertz CT molecular complexity index is 757. The number of carbonyl (C=O) groups is 1. The van der Waals surface area contributed by atoms with E-state index in [0.717, 1.165) is 24.7 Å². The Morgan fingerprint density at radius 2 is 1.83 bits per heavy atom. The summed E-state index contributed by atoms with van der Waals surface area (Å²) < 4.78 is 34.3. The lowest BCUT2D eigenvalue weighted by atomic mass is 10.0. The van der Waals surface area contributed by atoms with Crippen LogP contribution in [0, 0.1) is 5.92 Å². The number of esters is 1. The van der Waals surface area contributed by atoms with E-state index in [1.54, 1.807) is 19.1 Å². The molecular weight excluding hydrogens is 316 g/mol. The highest BCUT2D eigenvalue weighted by Gasteiger charge is 2.38. The number of rotatable bonds is 5. The molecule has 0 radical (unpaired) electrons. The van der Waals surface area contributed by atoms with Gasteiger partial charge in [-0.1, -0.05) is 12.1 Å². The summed E-state index contributed by atoms with van der Waals surface area (Å²) in [7, 11) is -3.25. The highest BCUT2D eigenvalue weighted by atomic mass is 32.2. The zero-order chi connectivity index (χ0) is 16.8. The first-order chi connectivity index (χ1) is 10.8. The second kappa shape index (κ2) is 5.67. The van der Waals surface area contributed by atoms with E-state index in [1.165, 1.54) is 12.1 Å². The normalized spacial score (nSPS) is 22.9. The standard InChI is InChI=1S/C17H20O5S/c1-10(12-4-5-12)21-16-15(11(2)22-17(16)18)13-6-8-14(9-7-13)23(3,19)20/h6-12H,4-5H2,1-3H3. The molecule has 2 aliphatic rings. The second-order valence-electron chi connectivity index (χ2n) is 6.25. The Labute approximate surface area is 136 Å². The van der Waals surface area contributed by atoms with Gasteiger partial charge in [-0.05, 0) is 50.3 Å². The van der Waals surface area contributed by atoms with E-state index in [4.69, 9.17) is 9.47 Å². The Morgan fingerprint density at radius 1 is 1.22 bits per heavy atom. The monoisotopic (exact) mass is 336 g/mol. The molecule has 1 aromatic carbocycles. The van der Waals surface area contributed by atoms with Crippen molar-refractivity contribution >= 4 is 21.4 Å². The SMILES string of the molecule is CC1OC(=O)C(OC(C)C2CC2)=C1c1ccc(S(C)(=O)=O)cc1. The number of cyclic esters (lactones) is 1. The third-order valence-electron chi connectivity index (χ3n) is 4.30. The molecule has 124 valence electrons. The van der Waals surface area contributed by atoms with Crippen LogP contribution in [0.25, 0.3) is 5.57 Å². The number of hydrogen-bond acceptors (Lipinski definition) is 5. The summed E-state index contributed by atoms with van der Waals surface area (Å²) in [6, 6.07) is 6.45. The minimum Gasteiger partial charge on any atom is -0.483 e. The summed E-state index contributed by atoms with van der Waals surface area (Å²) in [6.07, 6.45) is 2.98. The summed E-state index contributed by atoms with van der Waals surface area (Å²) in [5.74, 6) is 0.302. The van der Waals surface area contributed by atoms with Gasteiger partial charge in [-0.15, -0.1) is 0 Å². The largest absolute Gasteiger partial charge is 0.483 e. The summed E-state index contributed by atoms with van der Waals surface area (Å²) in [4.78, 5) is 12.3. The fraction of sp³-hybridized carbons (Fsp3) is 0.471. The van der Waals surface area contributed by atoms with Gasteiger partial charge in [0.05, 0.1) is 11.0 Å². The van der Waals surface area contributed by atoms with E-state index in [1.807, 2.05) is 6.92 Å². The van der Waals surface area contributed by atoms with Gasteiger partial charge in [0.15, 0.2) is 9.84 Å². The van der Waals surface area contributed by atoms with Crippen LogP contribution >= 0.6 is 0 Å². The number of ether oxygens (including phenoxy) is 2. The highest BCUT2D eigenvalue weighted by Crippen LogP contribution is 2.38. The first-order valence-corrected chi connectivity index (χ1v) is 9.59. The van der Waals surface area contributed by atoms with Gasteiger partial charge in [0, 0.05) is 11.8 Å². The molecule has 0 saturated heterocycles. The third-order valence-corrected chi connectivity index (χ3v) is 5.43. The molecule has 1 saturated carbocycles. The van der Waals surface area contributed by atoms with E-state index in [-0.39, 0.29) is 16.8 Å². The van der Waals surface area contributed by atoms with Crippen LogP contribution in [0.3, 0.4) is 0 Å². The van der Waals surface area contributed by atoms with Gasteiger partial charge in [0.25, 0.3) is 0 Å². The summed E-state index contributed by atoms with van der Waals surface area (Å²) in [5, 5.41) is 0. The molecule has 0 aromatic heterocycles. The molecule has 0 amide bonds. The van der Waals surface area contributed by atoms with E-state index < -0.39 is 21.9 Å². The molecule has 1 aliphatic heterocycles. The van der Waals surface area contributed by atoms with Crippen molar-refractivity contribution in [1.29, 1.82) is 0 Å². The maximum atomic E-state index is 12.1. The first kappa shape index (κ1) is 16.1. The molecule has 1 fully saturated rings. The maximum Gasteiger partial charge on any atom is 0.374 e. The number of hydrogen-bond donors (Lipinski definition) is 0. The van der Waals surface area contributed by atoms with Gasteiger partial charge in [-0.3, -0.25) is 0 Å². The molecular formula is C17H20O5S. The van der Waals surface area contributed by atoms with Gasteiger partial charge in [-0.25, -0.2) is 13.2 Å². The lowest BCUT2D eigenvalue weighted by Gasteiger charge is -2.14. The topological polar surface area (TPSA) is 69.7 Å². The lowest BCUT2D eigenvalue weighted by Crippen LogP contribution is -2.14. The molecule has 2 unspecified atom stereocenters. The van der Waals surface area contributed by atoms with Crippen LogP contribution in [-0.2, 0) is 24.1 Å². The van der Waals surface area contributed by atoms with Gasteiger partial charge in [0.2, 0.25) is 5.76 Å². The first-order valence-electron chi connectivity index (χ1n) is 7.69. The van der Waals surface area contributed by atoms with Gasteiger partial charge in [-0.2, -0.15) is 0 Å². The fourth-order valence-electron chi connectivity index (χ4n) is 2.77. The van der Waals surface area contributed by atoms with E-state index in [2.05, 4.69) is 0 Å². The molecule has 2 atom stereocenters. The lowest BCUT2D eigenvalue weighted by molar-refractivity contribution is -0.143. The average Bonchev–Trinajstić information content (AvgIpc) is 3.26. The van der Waals surface area contributed by atoms with Gasteiger partial charge < -0.3 is 9.47 Å². The van der Waals surface area contributed by atoms with Crippen molar-refractivity contribution in [3.8, 4) is 0 Å². The molecule has 3 rings (SSSR count). The van der Waals surface area contributed by atoms with E-state index >= 15 is 0 Å². The molecule has 1 aromatic rings. The fourth-order valence-corrected chi connectivity index (χ4v) is 3.40. The zero-order valence-corrected chi connectivity index (χ0v) is 14.2. The number of carbonyl (C=O) groups excluding carboxylic acids is 1. The van der Waals surface area contributed by atoms with Crippen molar-refractivity contribution in [3.05, 3.63) is 35.6 Å². The molecule has 23 heavy (non-hydrogen) atoms. The average molecular weight is 336 g/mol. The smallest absolute Gasteiger partial charge is 0.374 e. The van der Waals surface area contributed by atoms with Crippen LogP contribution < -0.4 is 0 Å². The summed E-state index contributed by atoms with van der Waals surface area (Å²) in [6.45, 7) is 3.75. The quantitative estimate of drug-likeness (QED) is 0.773. The van der Waals surface area contributed by atoms with Crippen LogP contribution in [0.5, 0.6) is 0 Å². The van der Waals surface area contributed by atoms with Gasteiger partial charge >= 0.3 is 5.97 Å². The van der Waals surface area contributed by atoms with Crippen LogP contribution in [-0.4, -0.2) is 32.9 Å². The number of benzene rings is 1. The Kier molecular flexibility index (Phi) is 3.96. The van der Waals surface area contributed by atoms with Crippen LogP contribution in [0.2, 0.25) is 0 Å². The zero-order valence-electron chi connectivity index (χ0n) is 13.4. The summed E-state index contributed by atoms with van der Waals surface area (Å²) in [5.41, 5.74) is 1.43. The van der Waals surface area contributed by atoms with Crippen LogP contribution in [0.1, 0.15) is 32.3 Å². The van der Waals surface area contributed by atoms with E-state index in [9.17, 15) is 13.2 Å². The highest BCUT2D eigenvalue weighted by molar-refractivity contribution is 7.90. The van der Waals surface area contributed by atoms with Crippen molar-refractivity contribution in [2.75, 3.05) is 6.26 Å². The Hall–Kier alpha value is -1.82. The predicted molar refractivity (Wildman–Crippen MR) is 85.3 cm³/mol. The van der Waals surface area contributed by atoms with Crippen molar-refractivity contribution in [3.63, 3.8) is 0 Å². The Morgan fingerprint density at radius 3 is 2.35 bits per heavy atom. The van der Waals surface area contributed by atoms with Crippen molar-refractivity contribution in [2.24, 2.45) is 5.92 Å². The third kappa shape index (κ3) is 3.27. The number of sulfone groups is 1. The van der Waals surface area contributed by atoms with Crippen molar-refractivity contribution < 1.29 is 22.7 Å². The van der Waals surface area contributed by atoms with Crippen LogP contribution in [0.15, 0.2) is 34.9 Å². The van der Waals surface area contributed by atoms with E-state index in [0.29, 0.717) is 11.5 Å². The Balaban J connectivity index is 1.95. The molecule has 1 aliphatic carbocycles. The molecule has 1 heterocycles. The second-order valence-corrected chi connectivity index (χ2v) is 8.26. The molecule has 0 N–H and O–H groups in total. The minimum absolute atomic E-state index is 0.0202. The molecule has 6 heteroatoms. The van der Waals surface area contributed by atoms with Crippen LogP contribution in [0.4, 0.5) is 0 Å². The van der Waals surface area contributed by atoms with Gasteiger partial charge in [0.1, 0.15) is 6.10 Å². The molecule has 0 spiro atoms. The predicted octanol–water partition coefficient (Wildman–Crippen LogP) is 2.56. The minimum atomic E-state index is -3.25. The summed E-state index contributed by atoms with van der Waals surface area (Å²) >= 11 is 0. The van der Waals surface area contributed by atoms with Crippen molar-refractivity contribution in [2.45, 2.75) is 43.8 Å². The molecule has 0 bridgehead atoms. The maximum absolute atomic E-state index is 12.1.